The van der Waals surface area contributed by atoms with Crippen molar-refractivity contribution in [2.24, 2.45) is 7.05 Å². The third-order valence-corrected chi connectivity index (χ3v) is 3.58. The summed E-state index contributed by atoms with van der Waals surface area (Å²) in [4.78, 5) is 12.0. The molecule has 0 saturated heterocycles. The van der Waals surface area contributed by atoms with E-state index < -0.39 is 4.32 Å². The lowest BCUT2D eigenvalue weighted by Gasteiger charge is -2.26. The Bertz CT molecular complexity index is 433. The summed E-state index contributed by atoms with van der Waals surface area (Å²) in [7, 11) is 1.96. The quantitative estimate of drug-likeness (QED) is 0.850. The number of carbonyl (C=O) groups is 1. The van der Waals surface area contributed by atoms with Crippen LogP contribution in [0.15, 0.2) is 6.20 Å². The second kappa shape index (κ2) is 4.44. The Morgan fingerprint density at radius 3 is 3.00 bits per heavy atom. The number of halogens is 1. The number of hydrogen-bond donors (Lipinski definition) is 1. The molecule has 5 heteroatoms. The van der Waals surface area contributed by atoms with Gasteiger partial charge in [-0.1, -0.05) is 15.9 Å². The topological polar surface area (TPSA) is 46.9 Å². The first kappa shape index (κ1) is 12.6. The van der Waals surface area contributed by atoms with E-state index >= 15 is 0 Å². The van der Waals surface area contributed by atoms with E-state index in [4.69, 9.17) is 0 Å². The van der Waals surface area contributed by atoms with Crippen molar-refractivity contribution in [2.45, 2.75) is 43.5 Å². The molecule has 1 heterocycles. The van der Waals surface area contributed by atoms with E-state index in [1.807, 2.05) is 31.8 Å². The molecule has 1 aliphatic rings. The number of nitrogens with one attached hydrogen (secondary N) is 1. The van der Waals surface area contributed by atoms with Crippen molar-refractivity contribution < 1.29 is 4.79 Å². The maximum atomic E-state index is 12.0. The fraction of sp³-hybridized carbons (Fsp3) is 0.667. The second-order valence-corrected chi connectivity index (χ2v) is 7.04. The van der Waals surface area contributed by atoms with Gasteiger partial charge in [0.1, 0.15) is 0 Å². The molecule has 1 amide bonds. The molecule has 0 bridgehead atoms. The van der Waals surface area contributed by atoms with E-state index in [9.17, 15) is 4.79 Å². The second-order valence-electron chi connectivity index (χ2n) is 5.06. The molecule has 1 atom stereocenters. The number of alkyl halides is 1. The molecule has 1 aromatic rings. The number of rotatable bonds is 2. The highest BCUT2D eigenvalue weighted by Crippen LogP contribution is 2.30. The molecule has 0 fully saturated rings. The van der Waals surface area contributed by atoms with Crippen LogP contribution in [-0.2, 0) is 18.3 Å². The van der Waals surface area contributed by atoms with E-state index in [0.29, 0.717) is 0 Å². The average molecular weight is 300 g/mol. The van der Waals surface area contributed by atoms with Crippen LogP contribution < -0.4 is 5.32 Å². The number of nitrogens with zero attached hydrogens (tertiary/aromatic N) is 2. The largest absolute Gasteiger partial charge is 0.348 e. The summed E-state index contributed by atoms with van der Waals surface area (Å²) in [6.45, 7) is 3.71. The van der Waals surface area contributed by atoms with Gasteiger partial charge in [-0.05, 0) is 33.1 Å². The zero-order valence-electron chi connectivity index (χ0n) is 10.5. The van der Waals surface area contributed by atoms with Crippen LogP contribution in [0.25, 0.3) is 0 Å². The fourth-order valence-electron chi connectivity index (χ4n) is 2.19. The predicted octanol–water partition coefficient (Wildman–Crippen LogP) is 2.09. The van der Waals surface area contributed by atoms with E-state index in [2.05, 4.69) is 26.3 Å². The SMILES string of the molecule is Cn1ncc2c1CCCC2NC(=O)C(C)(C)Br. The summed E-state index contributed by atoms with van der Waals surface area (Å²) in [6, 6.07) is 0.108. The lowest BCUT2D eigenvalue weighted by molar-refractivity contribution is -0.123. The minimum Gasteiger partial charge on any atom is -0.348 e. The number of amides is 1. The molecule has 0 saturated carbocycles. The number of aryl methyl sites for hydroxylation is 1. The third kappa shape index (κ3) is 2.54. The molecule has 0 aliphatic heterocycles. The Morgan fingerprint density at radius 2 is 2.35 bits per heavy atom. The summed E-state index contributed by atoms with van der Waals surface area (Å²) < 4.78 is 1.39. The van der Waals surface area contributed by atoms with Gasteiger partial charge in [-0.25, -0.2) is 0 Å². The van der Waals surface area contributed by atoms with Gasteiger partial charge < -0.3 is 5.32 Å². The molecule has 1 aliphatic carbocycles. The van der Waals surface area contributed by atoms with Gasteiger partial charge in [0.05, 0.1) is 16.6 Å². The molecule has 4 nitrogen and oxygen atoms in total. The fourth-order valence-corrected chi connectivity index (χ4v) is 2.30. The standard InChI is InChI=1S/C12H18BrN3O/c1-12(2,13)11(17)15-9-5-4-6-10-8(9)7-14-16(10)3/h7,9H,4-6H2,1-3H3,(H,15,17). The molecule has 2 rings (SSSR count). The van der Waals surface area contributed by atoms with Gasteiger partial charge >= 0.3 is 0 Å². The van der Waals surface area contributed by atoms with E-state index in [1.54, 1.807) is 0 Å². The molecule has 0 radical (unpaired) electrons. The molecule has 17 heavy (non-hydrogen) atoms. The molecular formula is C12H18BrN3O. The number of carbonyl (C=O) groups excluding carboxylic acids is 1. The van der Waals surface area contributed by atoms with Crippen LogP contribution in [-0.4, -0.2) is 20.0 Å². The highest BCUT2D eigenvalue weighted by atomic mass is 79.9. The van der Waals surface area contributed by atoms with Crippen LogP contribution in [0.3, 0.4) is 0 Å². The van der Waals surface area contributed by atoms with Gasteiger partial charge in [0.25, 0.3) is 0 Å². The molecule has 1 unspecified atom stereocenters. The molecule has 0 spiro atoms. The number of aromatic nitrogens is 2. The van der Waals surface area contributed by atoms with Crippen LogP contribution in [0, 0.1) is 0 Å². The zero-order valence-corrected chi connectivity index (χ0v) is 12.0. The smallest absolute Gasteiger partial charge is 0.236 e. The van der Waals surface area contributed by atoms with Crippen LogP contribution in [0.1, 0.15) is 44.0 Å². The van der Waals surface area contributed by atoms with Crippen molar-refractivity contribution in [1.29, 1.82) is 0 Å². The van der Waals surface area contributed by atoms with Crippen LogP contribution in [0.4, 0.5) is 0 Å². The van der Waals surface area contributed by atoms with Crippen molar-refractivity contribution in [3.05, 3.63) is 17.5 Å². The first-order valence-corrected chi connectivity index (χ1v) is 6.69. The van der Waals surface area contributed by atoms with E-state index in [-0.39, 0.29) is 11.9 Å². The van der Waals surface area contributed by atoms with E-state index in [1.165, 1.54) is 11.3 Å². The lowest BCUT2D eigenvalue weighted by Crippen LogP contribution is -2.40. The van der Waals surface area contributed by atoms with Crippen molar-refractivity contribution in [1.82, 2.24) is 15.1 Å². The monoisotopic (exact) mass is 299 g/mol. The van der Waals surface area contributed by atoms with E-state index in [0.717, 1.165) is 19.3 Å². The summed E-state index contributed by atoms with van der Waals surface area (Å²) in [5.41, 5.74) is 2.41. The Kier molecular flexibility index (Phi) is 3.30. The van der Waals surface area contributed by atoms with Gasteiger partial charge in [-0.3, -0.25) is 9.48 Å². The highest BCUT2D eigenvalue weighted by Gasteiger charge is 2.29. The maximum absolute atomic E-state index is 12.0. The summed E-state index contributed by atoms with van der Waals surface area (Å²) in [5.74, 6) is 0.0270. The van der Waals surface area contributed by atoms with Gasteiger partial charge in [0.15, 0.2) is 0 Å². The Labute approximate surface area is 110 Å². The van der Waals surface area contributed by atoms with Crippen molar-refractivity contribution >= 4 is 21.8 Å². The minimum absolute atomic E-state index is 0.0270. The lowest BCUT2D eigenvalue weighted by atomic mass is 9.92. The normalized spacial score (nSPS) is 19.9. The van der Waals surface area contributed by atoms with Crippen LogP contribution >= 0.6 is 15.9 Å². The Morgan fingerprint density at radius 1 is 1.65 bits per heavy atom. The first-order valence-electron chi connectivity index (χ1n) is 5.90. The average Bonchev–Trinajstić information content (AvgIpc) is 2.60. The predicted molar refractivity (Wildman–Crippen MR) is 70.0 cm³/mol. The molecule has 94 valence electrons. The van der Waals surface area contributed by atoms with Crippen molar-refractivity contribution in [3.8, 4) is 0 Å². The van der Waals surface area contributed by atoms with Gasteiger partial charge in [0.2, 0.25) is 5.91 Å². The van der Waals surface area contributed by atoms with Crippen LogP contribution in [0.5, 0.6) is 0 Å². The first-order chi connectivity index (χ1) is 7.89. The number of fused-ring (bicyclic) bond motifs is 1. The summed E-state index contributed by atoms with van der Waals surface area (Å²) in [6.07, 6.45) is 5.02. The van der Waals surface area contributed by atoms with Gasteiger partial charge in [-0.2, -0.15) is 5.10 Å². The summed E-state index contributed by atoms with van der Waals surface area (Å²) in [5, 5.41) is 7.36. The zero-order chi connectivity index (χ0) is 12.6. The maximum Gasteiger partial charge on any atom is 0.236 e. The van der Waals surface area contributed by atoms with Crippen molar-refractivity contribution in [3.63, 3.8) is 0 Å². The van der Waals surface area contributed by atoms with Gasteiger partial charge in [0, 0.05) is 18.3 Å². The highest BCUT2D eigenvalue weighted by molar-refractivity contribution is 9.10. The van der Waals surface area contributed by atoms with Gasteiger partial charge in [-0.15, -0.1) is 0 Å². The molecule has 1 aromatic heterocycles. The Balaban J connectivity index is 2.17. The van der Waals surface area contributed by atoms with Crippen molar-refractivity contribution in [2.75, 3.05) is 0 Å². The molecule has 1 N–H and O–H groups in total. The summed E-state index contributed by atoms with van der Waals surface area (Å²) >= 11 is 3.38. The molecule has 0 aromatic carbocycles. The Hall–Kier alpha value is -0.840. The number of hydrogen-bond acceptors (Lipinski definition) is 2. The molecular weight excluding hydrogens is 282 g/mol. The third-order valence-electron chi connectivity index (χ3n) is 3.22. The minimum atomic E-state index is -0.521. The van der Waals surface area contributed by atoms with Crippen LogP contribution in [0.2, 0.25) is 0 Å².